The summed E-state index contributed by atoms with van der Waals surface area (Å²) in [5.74, 6) is -0.819. The first kappa shape index (κ1) is 18.1. The molecule has 0 aliphatic rings. The molecule has 132 valence electrons. The van der Waals surface area contributed by atoms with E-state index in [0.29, 0.717) is 10.6 Å². The normalized spacial score (nSPS) is 11.0. The highest BCUT2D eigenvalue weighted by atomic mass is 32.1. The number of nitrogens with two attached hydrogens (primary N) is 1. The second-order valence-corrected chi connectivity index (χ2v) is 8.08. The maximum atomic E-state index is 12.2. The third kappa shape index (κ3) is 3.92. The topological polar surface area (TPSA) is 72.2 Å². The Balaban J connectivity index is 1.72. The van der Waals surface area contributed by atoms with E-state index in [2.05, 4.69) is 17.4 Å². The van der Waals surface area contributed by atoms with Gasteiger partial charge in [0.1, 0.15) is 5.00 Å². The van der Waals surface area contributed by atoms with Gasteiger partial charge in [0.05, 0.1) is 5.56 Å². The zero-order chi connectivity index (χ0) is 18.7. The van der Waals surface area contributed by atoms with Crippen molar-refractivity contribution in [3.05, 3.63) is 69.4 Å². The van der Waals surface area contributed by atoms with E-state index in [4.69, 9.17) is 5.73 Å². The minimum atomic E-state index is -0.531. The van der Waals surface area contributed by atoms with Gasteiger partial charge < -0.3 is 11.1 Å². The number of aryl methyl sites for hydroxylation is 1. The van der Waals surface area contributed by atoms with Gasteiger partial charge in [0.15, 0.2) is 0 Å². The fourth-order valence-corrected chi connectivity index (χ4v) is 4.51. The van der Waals surface area contributed by atoms with Crippen LogP contribution in [-0.2, 0) is 4.79 Å². The fraction of sp³-hybridized carbons (Fsp3) is 0.100. The molecule has 0 fully saturated rings. The summed E-state index contributed by atoms with van der Waals surface area (Å²) in [5, 5.41) is 3.26. The first-order chi connectivity index (χ1) is 12.5. The Hall–Kier alpha value is -2.70. The molecule has 0 atom stereocenters. The zero-order valence-corrected chi connectivity index (χ0v) is 16.0. The molecule has 3 rings (SSSR count). The van der Waals surface area contributed by atoms with E-state index < -0.39 is 5.91 Å². The molecule has 0 aliphatic heterocycles. The van der Waals surface area contributed by atoms with Gasteiger partial charge in [-0.15, -0.1) is 22.7 Å². The van der Waals surface area contributed by atoms with E-state index in [0.717, 1.165) is 25.8 Å². The number of nitrogens with one attached hydrogen (secondary N) is 1. The molecule has 6 heteroatoms. The van der Waals surface area contributed by atoms with Crippen LogP contribution in [0.4, 0.5) is 5.00 Å². The van der Waals surface area contributed by atoms with Gasteiger partial charge in [0, 0.05) is 20.7 Å². The maximum absolute atomic E-state index is 12.2. The van der Waals surface area contributed by atoms with Gasteiger partial charge in [-0.2, -0.15) is 0 Å². The van der Waals surface area contributed by atoms with E-state index in [9.17, 15) is 9.59 Å². The predicted molar refractivity (Wildman–Crippen MR) is 110 cm³/mol. The SMILES string of the molecule is Cc1sc(NC(=O)/C=C/c2ccc(-c3ccccc3)s2)c(C(N)=O)c1C. The van der Waals surface area contributed by atoms with Crippen molar-refractivity contribution >= 4 is 45.6 Å². The summed E-state index contributed by atoms with van der Waals surface area (Å²) in [6.07, 6.45) is 3.24. The quantitative estimate of drug-likeness (QED) is 0.620. The van der Waals surface area contributed by atoms with Crippen LogP contribution < -0.4 is 11.1 Å². The molecule has 2 amide bonds. The lowest BCUT2D eigenvalue weighted by atomic mass is 10.1. The molecule has 0 saturated heterocycles. The summed E-state index contributed by atoms with van der Waals surface area (Å²) >= 11 is 2.97. The van der Waals surface area contributed by atoms with Gasteiger partial charge in [-0.25, -0.2) is 0 Å². The van der Waals surface area contributed by atoms with Gasteiger partial charge in [-0.05, 0) is 43.2 Å². The summed E-state index contributed by atoms with van der Waals surface area (Å²) in [6.45, 7) is 3.73. The monoisotopic (exact) mass is 382 g/mol. The Bertz CT molecular complexity index is 985. The molecule has 4 nitrogen and oxygen atoms in total. The van der Waals surface area contributed by atoms with Crippen LogP contribution >= 0.6 is 22.7 Å². The maximum Gasteiger partial charge on any atom is 0.251 e. The van der Waals surface area contributed by atoms with E-state index in [-0.39, 0.29) is 5.91 Å². The number of hydrogen-bond donors (Lipinski definition) is 2. The summed E-state index contributed by atoms with van der Waals surface area (Å²) < 4.78 is 0. The Morgan fingerprint density at radius 3 is 2.46 bits per heavy atom. The Labute approximate surface area is 160 Å². The van der Waals surface area contributed by atoms with Crippen LogP contribution in [-0.4, -0.2) is 11.8 Å². The zero-order valence-electron chi connectivity index (χ0n) is 14.4. The first-order valence-electron chi connectivity index (χ1n) is 8.00. The number of benzene rings is 1. The summed E-state index contributed by atoms with van der Waals surface area (Å²) in [5.41, 5.74) is 7.78. The Morgan fingerprint density at radius 1 is 1.04 bits per heavy atom. The highest BCUT2D eigenvalue weighted by Gasteiger charge is 2.18. The molecule has 2 heterocycles. The second-order valence-electron chi connectivity index (χ2n) is 5.74. The molecule has 26 heavy (non-hydrogen) atoms. The van der Waals surface area contributed by atoms with E-state index in [1.807, 2.05) is 44.2 Å². The lowest BCUT2D eigenvalue weighted by Gasteiger charge is -2.01. The molecular formula is C20H18N2O2S2. The van der Waals surface area contributed by atoms with Gasteiger partial charge in [0.25, 0.3) is 5.91 Å². The average molecular weight is 383 g/mol. The number of carbonyl (C=O) groups is 2. The van der Waals surface area contributed by atoms with Gasteiger partial charge >= 0.3 is 0 Å². The van der Waals surface area contributed by atoms with Crippen molar-refractivity contribution in [2.75, 3.05) is 5.32 Å². The molecule has 0 aliphatic carbocycles. The third-order valence-corrected chi connectivity index (χ3v) is 6.17. The Morgan fingerprint density at radius 2 is 1.77 bits per heavy atom. The van der Waals surface area contributed by atoms with Crippen molar-refractivity contribution in [3.8, 4) is 10.4 Å². The van der Waals surface area contributed by atoms with Crippen LogP contribution in [0.1, 0.15) is 25.7 Å². The number of hydrogen-bond acceptors (Lipinski definition) is 4. The van der Waals surface area contributed by atoms with E-state index in [1.165, 1.54) is 17.4 Å². The molecule has 0 unspecified atom stereocenters. The van der Waals surface area contributed by atoms with Crippen LogP contribution in [0.25, 0.3) is 16.5 Å². The van der Waals surface area contributed by atoms with Crippen molar-refractivity contribution in [1.29, 1.82) is 0 Å². The van der Waals surface area contributed by atoms with Crippen molar-refractivity contribution in [3.63, 3.8) is 0 Å². The van der Waals surface area contributed by atoms with Crippen molar-refractivity contribution < 1.29 is 9.59 Å². The lowest BCUT2D eigenvalue weighted by Crippen LogP contribution is -2.16. The number of primary amides is 1. The van der Waals surface area contributed by atoms with Gasteiger partial charge in [-0.1, -0.05) is 30.3 Å². The van der Waals surface area contributed by atoms with Crippen LogP contribution in [0.15, 0.2) is 48.5 Å². The predicted octanol–water partition coefficient (Wildman–Crippen LogP) is 4.84. The lowest BCUT2D eigenvalue weighted by molar-refractivity contribution is -0.111. The number of rotatable bonds is 5. The van der Waals surface area contributed by atoms with Crippen molar-refractivity contribution in [2.24, 2.45) is 5.73 Å². The van der Waals surface area contributed by atoms with Crippen LogP contribution in [0.5, 0.6) is 0 Å². The molecule has 3 N–H and O–H groups in total. The average Bonchev–Trinajstić information content (AvgIpc) is 3.19. The van der Waals surface area contributed by atoms with Crippen LogP contribution in [0, 0.1) is 13.8 Å². The minimum Gasteiger partial charge on any atom is -0.365 e. The summed E-state index contributed by atoms with van der Waals surface area (Å²) in [6, 6.07) is 14.1. The number of thiophene rings is 2. The molecule has 0 saturated carbocycles. The van der Waals surface area contributed by atoms with E-state index >= 15 is 0 Å². The fourth-order valence-electron chi connectivity index (χ4n) is 2.52. The molecule has 3 aromatic rings. The second kappa shape index (κ2) is 7.68. The number of carbonyl (C=O) groups excluding carboxylic acids is 2. The molecule has 0 bridgehead atoms. The highest BCUT2D eigenvalue weighted by Crippen LogP contribution is 2.32. The largest absolute Gasteiger partial charge is 0.365 e. The molecule has 0 radical (unpaired) electrons. The standard InChI is InChI=1S/C20H18N2O2S2/c1-12-13(2)25-20(18(12)19(21)24)22-17(23)11-9-15-8-10-16(26-15)14-6-4-3-5-7-14/h3-11H,1-2H3,(H2,21,24)(H,22,23)/b11-9+. The van der Waals surface area contributed by atoms with Crippen LogP contribution in [0.2, 0.25) is 0 Å². The molecule has 2 aromatic heterocycles. The first-order valence-corrected chi connectivity index (χ1v) is 9.63. The summed E-state index contributed by atoms with van der Waals surface area (Å²) in [7, 11) is 0. The van der Waals surface area contributed by atoms with Gasteiger partial charge in [0.2, 0.25) is 5.91 Å². The molecule has 0 spiro atoms. The van der Waals surface area contributed by atoms with Crippen molar-refractivity contribution in [1.82, 2.24) is 0 Å². The Kier molecular flexibility index (Phi) is 5.35. The molecular weight excluding hydrogens is 364 g/mol. The molecule has 1 aromatic carbocycles. The van der Waals surface area contributed by atoms with Gasteiger partial charge in [-0.3, -0.25) is 9.59 Å². The number of anilines is 1. The minimum absolute atomic E-state index is 0.289. The smallest absolute Gasteiger partial charge is 0.251 e. The summed E-state index contributed by atoms with van der Waals surface area (Å²) in [4.78, 5) is 26.9. The van der Waals surface area contributed by atoms with Crippen LogP contribution in [0.3, 0.4) is 0 Å². The van der Waals surface area contributed by atoms with Crippen molar-refractivity contribution in [2.45, 2.75) is 13.8 Å². The highest BCUT2D eigenvalue weighted by molar-refractivity contribution is 7.17. The third-order valence-electron chi connectivity index (χ3n) is 3.95. The number of amides is 2. The van der Waals surface area contributed by atoms with E-state index in [1.54, 1.807) is 17.4 Å².